The molecule has 0 fully saturated rings. The standard InChI is InChI=1S/C11H16BrNO2/c1-7-3-9(6-13-5-8(2)14)11(15)10(12)4-7/h3-4,8,13-15H,5-6H2,1-2H3. The summed E-state index contributed by atoms with van der Waals surface area (Å²) in [6.45, 7) is 4.77. The fraction of sp³-hybridized carbons (Fsp3) is 0.455. The van der Waals surface area contributed by atoms with Gasteiger partial charge in [0.2, 0.25) is 0 Å². The van der Waals surface area contributed by atoms with Crippen molar-refractivity contribution in [3.8, 4) is 5.75 Å². The molecular formula is C11H16BrNO2. The van der Waals surface area contributed by atoms with E-state index in [1.165, 1.54) is 0 Å². The molecule has 1 rings (SSSR count). The van der Waals surface area contributed by atoms with E-state index in [0.717, 1.165) is 11.1 Å². The first-order valence-electron chi connectivity index (χ1n) is 4.87. The van der Waals surface area contributed by atoms with Gasteiger partial charge in [-0.05, 0) is 41.4 Å². The highest BCUT2D eigenvalue weighted by atomic mass is 79.9. The zero-order chi connectivity index (χ0) is 11.4. The van der Waals surface area contributed by atoms with Crippen LogP contribution in [0.1, 0.15) is 18.1 Å². The molecule has 0 saturated carbocycles. The molecule has 0 aromatic heterocycles. The highest BCUT2D eigenvalue weighted by molar-refractivity contribution is 9.10. The van der Waals surface area contributed by atoms with E-state index >= 15 is 0 Å². The molecule has 0 aliphatic heterocycles. The summed E-state index contributed by atoms with van der Waals surface area (Å²) in [5.41, 5.74) is 1.93. The molecule has 0 spiro atoms. The Morgan fingerprint density at radius 1 is 1.47 bits per heavy atom. The van der Waals surface area contributed by atoms with E-state index < -0.39 is 0 Å². The minimum atomic E-state index is -0.375. The third kappa shape index (κ3) is 3.81. The SMILES string of the molecule is Cc1cc(Br)c(O)c(CNCC(C)O)c1. The van der Waals surface area contributed by atoms with Crippen LogP contribution in [0, 0.1) is 6.92 Å². The zero-order valence-electron chi connectivity index (χ0n) is 8.92. The maximum atomic E-state index is 9.74. The summed E-state index contributed by atoms with van der Waals surface area (Å²) in [5, 5.41) is 21.9. The van der Waals surface area contributed by atoms with Crippen molar-refractivity contribution < 1.29 is 10.2 Å². The van der Waals surface area contributed by atoms with Crippen LogP contribution in [0.15, 0.2) is 16.6 Å². The molecule has 1 atom stereocenters. The number of aromatic hydroxyl groups is 1. The van der Waals surface area contributed by atoms with Crippen LogP contribution in [0.3, 0.4) is 0 Å². The number of nitrogens with one attached hydrogen (secondary N) is 1. The summed E-state index contributed by atoms with van der Waals surface area (Å²) in [6.07, 6.45) is -0.375. The van der Waals surface area contributed by atoms with Gasteiger partial charge in [-0.3, -0.25) is 0 Å². The Morgan fingerprint density at radius 3 is 2.73 bits per heavy atom. The van der Waals surface area contributed by atoms with Crippen molar-refractivity contribution in [1.29, 1.82) is 0 Å². The van der Waals surface area contributed by atoms with Crippen LogP contribution >= 0.6 is 15.9 Å². The van der Waals surface area contributed by atoms with Gasteiger partial charge in [-0.2, -0.15) is 0 Å². The van der Waals surface area contributed by atoms with Gasteiger partial charge in [-0.1, -0.05) is 6.07 Å². The van der Waals surface area contributed by atoms with Gasteiger partial charge in [0.05, 0.1) is 10.6 Å². The average Bonchev–Trinajstić information content (AvgIpc) is 2.12. The Balaban J connectivity index is 2.68. The zero-order valence-corrected chi connectivity index (χ0v) is 10.5. The van der Waals surface area contributed by atoms with Crippen LogP contribution in [-0.4, -0.2) is 22.9 Å². The van der Waals surface area contributed by atoms with Gasteiger partial charge in [0.25, 0.3) is 0 Å². The number of benzene rings is 1. The fourth-order valence-corrected chi connectivity index (χ4v) is 1.97. The smallest absolute Gasteiger partial charge is 0.134 e. The second-order valence-electron chi connectivity index (χ2n) is 3.73. The molecule has 0 aliphatic carbocycles. The second kappa shape index (κ2) is 5.49. The molecule has 4 heteroatoms. The molecule has 1 aromatic carbocycles. The van der Waals surface area contributed by atoms with Gasteiger partial charge in [0.15, 0.2) is 0 Å². The number of hydrogen-bond donors (Lipinski definition) is 3. The van der Waals surface area contributed by atoms with Crippen LogP contribution in [0.5, 0.6) is 5.75 Å². The molecule has 0 radical (unpaired) electrons. The second-order valence-corrected chi connectivity index (χ2v) is 4.59. The quantitative estimate of drug-likeness (QED) is 0.786. The monoisotopic (exact) mass is 273 g/mol. The van der Waals surface area contributed by atoms with E-state index in [1.807, 2.05) is 19.1 Å². The Bertz CT molecular complexity index is 340. The maximum Gasteiger partial charge on any atom is 0.134 e. The molecule has 0 amide bonds. The molecule has 0 aliphatic rings. The predicted molar refractivity (Wildman–Crippen MR) is 63.9 cm³/mol. The lowest BCUT2D eigenvalue weighted by molar-refractivity contribution is 0.191. The first kappa shape index (κ1) is 12.5. The number of hydrogen-bond acceptors (Lipinski definition) is 3. The summed E-state index contributed by atoms with van der Waals surface area (Å²) >= 11 is 3.29. The van der Waals surface area contributed by atoms with Crippen molar-refractivity contribution in [2.45, 2.75) is 26.5 Å². The van der Waals surface area contributed by atoms with Crippen molar-refractivity contribution in [2.24, 2.45) is 0 Å². The number of rotatable bonds is 4. The first-order valence-corrected chi connectivity index (χ1v) is 5.66. The van der Waals surface area contributed by atoms with Gasteiger partial charge in [0.1, 0.15) is 5.75 Å². The predicted octanol–water partition coefficient (Wildman–Crippen LogP) is 1.93. The highest BCUT2D eigenvalue weighted by Gasteiger charge is 2.06. The first-order chi connectivity index (χ1) is 7.00. The lowest BCUT2D eigenvalue weighted by Crippen LogP contribution is -2.23. The molecule has 3 nitrogen and oxygen atoms in total. The van der Waals surface area contributed by atoms with Crippen LogP contribution in [0.4, 0.5) is 0 Å². The summed E-state index contributed by atoms with van der Waals surface area (Å²) in [4.78, 5) is 0. The fourth-order valence-electron chi connectivity index (χ4n) is 1.36. The molecule has 3 N–H and O–H groups in total. The van der Waals surface area contributed by atoms with Crippen LogP contribution < -0.4 is 5.32 Å². The van der Waals surface area contributed by atoms with Crippen molar-refractivity contribution in [2.75, 3.05) is 6.54 Å². The van der Waals surface area contributed by atoms with Crippen LogP contribution in [0.25, 0.3) is 0 Å². The van der Waals surface area contributed by atoms with E-state index in [1.54, 1.807) is 6.92 Å². The van der Waals surface area contributed by atoms with Gasteiger partial charge in [0, 0.05) is 18.7 Å². The van der Waals surface area contributed by atoms with E-state index in [-0.39, 0.29) is 11.9 Å². The molecule has 84 valence electrons. The summed E-state index contributed by atoms with van der Waals surface area (Å²) in [6, 6.07) is 3.79. The molecular weight excluding hydrogens is 258 g/mol. The van der Waals surface area contributed by atoms with Crippen molar-refractivity contribution in [3.63, 3.8) is 0 Å². The number of aliphatic hydroxyl groups excluding tert-OH is 1. The van der Waals surface area contributed by atoms with Gasteiger partial charge in [-0.15, -0.1) is 0 Å². The molecule has 1 unspecified atom stereocenters. The third-order valence-corrected chi connectivity index (χ3v) is 2.65. The summed E-state index contributed by atoms with van der Waals surface area (Å²) in [7, 11) is 0. The Hall–Kier alpha value is -0.580. The van der Waals surface area contributed by atoms with E-state index in [9.17, 15) is 5.11 Å². The largest absolute Gasteiger partial charge is 0.506 e. The Morgan fingerprint density at radius 2 is 2.13 bits per heavy atom. The topological polar surface area (TPSA) is 52.5 Å². The average molecular weight is 274 g/mol. The molecule has 1 aromatic rings. The number of halogens is 1. The Kier molecular flexibility index (Phi) is 4.57. The van der Waals surface area contributed by atoms with E-state index in [4.69, 9.17) is 5.11 Å². The van der Waals surface area contributed by atoms with Gasteiger partial charge in [-0.25, -0.2) is 0 Å². The third-order valence-electron chi connectivity index (χ3n) is 2.04. The number of aliphatic hydroxyl groups is 1. The molecule has 0 bridgehead atoms. The summed E-state index contributed by atoms with van der Waals surface area (Å²) < 4.78 is 0.705. The minimum Gasteiger partial charge on any atom is -0.506 e. The Labute approximate surface area is 98.3 Å². The van der Waals surface area contributed by atoms with Crippen molar-refractivity contribution in [3.05, 3.63) is 27.7 Å². The van der Waals surface area contributed by atoms with Crippen LogP contribution in [-0.2, 0) is 6.54 Å². The highest BCUT2D eigenvalue weighted by Crippen LogP contribution is 2.29. The van der Waals surface area contributed by atoms with Crippen LogP contribution in [0.2, 0.25) is 0 Å². The lowest BCUT2D eigenvalue weighted by atomic mass is 10.1. The number of aryl methyl sites for hydroxylation is 1. The summed E-state index contributed by atoms with van der Waals surface area (Å²) in [5.74, 6) is 0.263. The number of phenolic OH excluding ortho intramolecular Hbond substituents is 1. The van der Waals surface area contributed by atoms with Crippen molar-refractivity contribution >= 4 is 15.9 Å². The van der Waals surface area contributed by atoms with Gasteiger partial charge < -0.3 is 15.5 Å². The maximum absolute atomic E-state index is 9.74. The minimum absolute atomic E-state index is 0.263. The van der Waals surface area contributed by atoms with E-state index in [0.29, 0.717) is 17.6 Å². The number of phenols is 1. The molecule has 0 heterocycles. The molecule has 0 saturated heterocycles. The van der Waals surface area contributed by atoms with E-state index in [2.05, 4.69) is 21.2 Å². The van der Waals surface area contributed by atoms with Crippen molar-refractivity contribution in [1.82, 2.24) is 5.32 Å². The molecule has 15 heavy (non-hydrogen) atoms. The normalized spacial score (nSPS) is 12.8. The lowest BCUT2D eigenvalue weighted by Gasteiger charge is -2.10. The van der Waals surface area contributed by atoms with Gasteiger partial charge >= 0.3 is 0 Å².